The molecule has 0 aromatic heterocycles. The maximum Gasteiger partial charge on any atom is 0.273 e. The Morgan fingerprint density at radius 1 is 1.00 bits per heavy atom. The van der Waals surface area contributed by atoms with Crippen molar-refractivity contribution in [3.05, 3.63) is 100 Å². The van der Waals surface area contributed by atoms with Crippen molar-refractivity contribution in [3.8, 4) is 0 Å². The van der Waals surface area contributed by atoms with E-state index in [-0.39, 0.29) is 12.1 Å². The Bertz CT molecular complexity index is 1210. The molecule has 0 aliphatic heterocycles. The molecular formula is C23H22BrN3O3S. The van der Waals surface area contributed by atoms with E-state index in [1.807, 2.05) is 54.6 Å². The van der Waals surface area contributed by atoms with Gasteiger partial charge in [0, 0.05) is 4.47 Å². The van der Waals surface area contributed by atoms with Gasteiger partial charge >= 0.3 is 0 Å². The summed E-state index contributed by atoms with van der Waals surface area (Å²) < 4.78 is 27.2. The molecule has 1 amide bonds. The van der Waals surface area contributed by atoms with Crippen LogP contribution in [-0.4, -0.2) is 26.3 Å². The summed E-state index contributed by atoms with van der Waals surface area (Å²) in [5, 5.41) is 4.19. The summed E-state index contributed by atoms with van der Waals surface area (Å²) >= 11 is 3.41. The average molecular weight is 500 g/mol. The van der Waals surface area contributed by atoms with Crippen molar-refractivity contribution in [1.29, 1.82) is 0 Å². The number of para-hydroxylation sites is 1. The Morgan fingerprint density at radius 2 is 1.68 bits per heavy atom. The normalized spacial score (nSPS) is 11.8. The third-order valence-electron chi connectivity index (χ3n) is 4.55. The van der Waals surface area contributed by atoms with E-state index in [0.717, 1.165) is 21.9 Å². The minimum atomic E-state index is -3.64. The Hall–Kier alpha value is -2.97. The molecule has 0 bridgehead atoms. The maximum absolute atomic E-state index is 12.9. The van der Waals surface area contributed by atoms with Crippen LogP contribution in [0.5, 0.6) is 0 Å². The molecule has 160 valence electrons. The van der Waals surface area contributed by atoms with Gasteiger partial charge in [0.1, 0.15) is 0 Å². The van der Waals surface area contributed by atoms with Crippen molar-refractivity contribution in [2.45, 2.75) is 13.5 Å². The van der Waals surface area contributed by atoms with Gasteiger partial charge in [-0.05, 0) is 42.3 Å². The minimum Gasteiger partial charge on any atom is -0.267 e. The Labute approximate surface area is 190 Å². The lowest BCUT2D eigenvalue weighted by Crippen LogP contribution is -2.32. The number of nitrogens with zero attached hydrogens (tertiary/aromatic N) is 2. The molecule has 0 atom stereocenters. The van der Waals surface area contributed by atoms with Gasteiger partial charge in [0.15, 0.2) is 0 Å². The molecule has 0 saturated carbocycles. The molecule has 0 saturated heterocycles. The molecule has 3 aromatic rings. The first-order valence-corrected chi connectivity index (χ1v) is 12.1. The summed E-state index contributed by atoms with van der Waals surface area (Å²) in [5.41, 5.74) is 5.33. The fourth-order valence-corrected chi connectivity index (χ4v) is 4.29. The standard InChI is InChI=1S/C23H22BrN3O3S/c1-17(19-11-8-12-20(24)15-19)25-26-23(28)21-13-6-7-14-22(21)27(31(2,29)30)16-18-9-4-3-5-10-18/h3-15H,16H2,1-2H3,(H,26,28). The largest absolute Gasteiger partial charge is 0.273 e. The zero-order valence-corrected chi connectivity index (χ0v) is 19.5. The van der Waals surface area contributed by atoms with Crippen molar-refractivity contribution in [2.75, 3.05) is 10.6 Å². The van der Waals surface area contributed by atoms with E-state index in [1.165, 1.54) is 4.31 Å². The third kappa shape index (κ3) is 6.02. The van der Waals surface area contributed by atoms with Gasteiger partial charge in [-0.3, -0.25) is 9.10 Å². The Balaban J connectivity index is 1.90. The quantitative estimate of drug-likeness (QED) is 0.382. The number of sulfonamides is 1. The predicted molar refractivity (Wildman–Crippen MR) is 128 cm³/mol. The number of rotatable bonds is 7. The fourth-order valence-electron chi connectivity index (χ4n) is 2.99. The van der Waals surface area contributed by atoms with Crippen molar-refractivity contribution in [2.24, 2.45) is 5.10 Å². The molecule has 0 aliphatic rings. The van der Waals surface area contributed by atoms with Gasteiger partial charge in [0.2, 0.25) is 10.0 Å². The van der Waals surface area contributed by atoms with Crippen LogP contribution in [0.1, 0.15) is 28.4 Å². The first-order chi connectivity index (χ1) is 14.8. The van der Waals surface area contributed by atoms with E-state index in [2.05, 4.69) is 26.5 Å². The van der Waals surface area contributed by atoms with Gasteiger partial charge in [-0.2, -0.15) is 5.10 Å². The van der Waals surface area contributed by atoms with E-state index >= 15 is 0 Å². The second-order valence-corrected chi connectivity index (χ2v) is 9.74. The van der Waals surface area contributed by atoms with Gasteiger partial charge in [0.25, 0.3) is 5.91 Å². The van der Waals surface area contributed by atoms with E-state index in [0.29, 0.717) is 11.4 Å². The average Bonchev–Trinajstić information content (AvgIpc) is 2.75. The SMILES string of the molecule is CC(=NNC(=O)c1ccccc1N(Cc1ccccc1)S(C)(=O)=O)c1cccc(Br)c1. The van der Waals surface area contributed by atoms with Crippen molar-refractivity contribution >= 4 is 43.3 Å². The van der Waals surface area contributed by atoms with E-state index in [9.17, 15) is 13.2 Å². The smallest absolute Gasteiger partial charge is 0.267 e. The molecule has 3 rings (SSSR count). The topological polar surface area (TPSA) is 78.8 Å². The zero-order valence-electron chi connectivity index (χ0n) is 17.1. The van der Waals surface area contributed by atoms with Crippen LogP contribution in [0.2, 0.25) is 0 Å². The number of hydrazone groups is 1. The second kappa shape index (κ2) is 9.89. The highest BCUT2D eigenvalue weighted by Gasteiger charge is 2.23. The number of nitrogens with one attached hydrogen (secondary N) is 1. The number of carbonyl (C=O) groups excluding carboxylic acids is 1. The van der Waals surface area contributed by atoms with Crippen LogP contribution >= 0.6 is 15.9 Å². The molecule has 0 unspecified atom stereocenters. The van der Waals surface area contributed by atoms with Gasteiger partial charge in [-0.25, -0.2) is 13.8 Å². The molecule has 0 fully saturated rings. The van der Waals surface area contributed by atoms with Gasteiger partial charge < -0.3 is 0 Å². The summed E-state index contributed by atoms with van der Waals surface area (Å²) in [7, 11) is -3.64. The molecule has 6 nitrogen and oxygen atoms in total. The molecule has 0 aliphatic carbocycles. The first kappa shape index (κ1) is 22.7. The lowest BCUT2D eigenvalue weighted by Gasteiger charge is -2.24. The Kier molecular flexibility index (Phi) is 7.25. The molecular weight excluding hydrogens is 478 g/mol. The Morgan fingerprint density at radius 3 is 2.35 bits per heavy atom. The van der Waals surface area contributed by atoms with Crippen LogP contribution in [0, 0.1) is 0 Å². The molecule has 1 N–H and O–H groups in total. The van der Waals surface area contributed by atoms with Gasteiger partial charge in [-0.15, -0.1) is 0 Å². The van der Waals surface area contributed by atoms with Crippen molar-refractivity contribution < 1.29 is 13.2 Å². The summed E-state index contributed by atoms with van der Waals surface area (Å²) in [6.45, 7) is 1.90. The summed E-state index contributed by atoms with van der Waals surface area (Å²) in [4.78, 5) is 12.9. The minimum absolute atomic E-state index is 0.115. The summed E-state index contributed by atoms with van der Waals surface area (Å²) in [6.07, 6.45) is 1.13. The highest BCUT2D eigenvalue weighted by molar-refractivity contribution is 9.10. The van der Waals surface area contributed by atoms with E-state index in [4.69, 9.17) is 0 Å². The molecule has 0 heterocycles. The number of anilines is 1. The first-order valence-electron chi connectivity index (χ1n) is 9.47. The summed E-state index contributed by atoms with van der Waals surface area (Å²) in [5.74, 6) is -0.494. The molecule has 3 aromatic carbocycles. The van der Waals surface area contributed by atoms with Crippen LogP contribution in [0.3, 0.4) is 0 Å². The second-order valence-electron chi connectivity index (χ2n) is 6.92. The highest BCUT2D eigenvalue weighted by Crippen LogP contribution is 2.25. The van der Waals surface area contributed by atoms with Crippen LogP contribution in [0.25, 0.3) is 0 Å². The zero-order chi connectivity index (χ0) is 22.4. The number of carbonyl (C=O) groups is 1. The molecule has 0 radical (unpaired) electrons. The van der Waals surface area contributed by atoms with E-state index < -0.39 is 15.9 Å². The lowest BCUT2D eigenvalue weighted by molar-refractivity contribution is 0.0955. The number of halogens is 1. The number of hydrogen-bond donors (Lipinski definition) is 1. The highest BCUT2D eigenvalue weighted by atomic mass is 79.9. The van der Waals surface area contributed by atoms with Crippen LogP contribution in [0.4, 0.5) is 5.69 Å². The third-order valence-corrected chi connectivity index (χ3v) is 6.17. The molecule has 0 spiro atoms. The number of benzene rings is 3. The maximum atomic E-state index is 12.9. The van der Waals surface area contributed by atoms with Gasteiger partial charge in [0.05, 0.1) is 29.8 Å². The lowest BCUT2D eigenvalue weighted by atomic mass is 10.1. The van der Waals surface area contributed by atoms with Crippen LogP contribution in [-0.2, 0) is 16.6 Å². The van der Waals surface area contributed by atoms with Crippen LogP contribution < -0.4 is 9.73 Å². The van der Waals surface area contributed by atoms with Crippen molar-refractivity contribution in [3.63, 3.8) is 0 Å². The van der Waals surface area contributed by atoms with Crippen LogP contribution in [0.15, 0.2) is 88.4 Å². The van der Waals surface area contributed by atoms with Gasteiger partial charge in [-0.1, -0.05) is 70.5 Å². The molecule has 8 heteroatoms. The fraction of sp³-hybridized carbons (Fsp3) is 0.130. The predicted octanol–water partition coefficient (Wildman–Crippen LogP) is 4.57. The van der Waals surface area contributed by atoms with Crippen molar-refractivity contribution in [1.82, 2.24) is 5.43 Å². The monoisotopic (exact) mass is 499 g/mol. The number of hydrogen-bond acceptors (Lipinski definition) is 4. The molecule has 31 heavy (non-hydrogen) atoms. The summed E-state index contributed by atoms with van der Waals surface area (Å²) in [6, 6.07) is 23.4. The number of amides is 1. The van der Waals surface area contributed by atoms with E-state index in [1.54, 1.807) is 31.2 Å².